The number of benzene rings is 1. The highest BCUT2D eigenvalue weighted by Crippen LogP contribution is 2.08. The summed E-state index contributed by atoms with van der Waals surface area (Å²) in [5.41, 5.74) is -0.157. The molecule has 1 N–H and O–H groups in total. The van der Waals surface area contributed by atoms with Gasteiger partial charge in [0, 0.05) is 0 Å². The van der Waals surface area contributed by atoms with Crippen LogP contribution in [0.15, 0.2) is 23.0 Å². The van der Waals surface area contributed by atoms with E-state index in [-0.39, 0.29) is 11.2 Å². The lowest BCUT2D eigenvalue weighted by atomic mass is 10.3. The monoisotopic (exact) mass is 192 g/mol. The SMILES string of the molecule is O=Cc1nc2ccc(F)cc2[nH]c1=O. The minimum absolute atomic E-state index is 0.205. The van der Waals surface area contributed by atoms with Crippen molar-refractivity contribution in [3.63, 3.8) is 0 Å². The Kier molecular flexibility index (Phi) is 1.85. The normalized spacial score (nSPS) is 10.4. The van der Waals surface area contributed by atoms with Gasteiger partial charge < -0.3 is 4.98 Å². The van der Waals surface area contributed by atoms with Crippen LogP contribution in [0.2, 0.25) is 0 Å². The maximum Gasteiger partial charge on any atom is 0.277 e. The van der Waals surface area contributed by atoms with Gasteiger partial charge in [-0.1, -0.05) is 0 Å². The van der Waals surface area contributed by atoms with Crippen LogP contribution >= 0.6 is 0 Å². The Morgan fingerprint density at radius 2 is 2.21 bits per heavy atom. The molecule has 2 aromatic rings. The first-order valence-electron chi connectivity index (χ1n) is 3.85. The Balaban J connectivity index is 2.86. The number of hydrogen-bond donors (Lipinski definition) is 1. The number of fused-ring (bicyclic) bond motifs is 1. The second-order valence-corrected chi connectivity index (χ2v) is 2.73. The number of aromatic amines is 1. The van der Waals surface area contributed by atoms with Gasteiger partial charge in [-0.05, 0) is 18.2 Å². The summed E-state index contributed by atoms with van der Waals surface area (Å²) in [6.07, 6.45) is 0.363. The molecular weight excluding hydrogens is 187 g/mol. The Morgan fingerprint density at radius 3 is 2.93 bits per heavy atom. The molecule has 0 saturated carbocycles. The van der Waals surface area contributed by atoms with Crippen LogP contribution in [-0.4, -0.2) is 16.3 Å². The average molecular weight is 192 g/mol. The van der Waals surface area contributed by atoms with Gasteiger partial charge in [-0.25, -0.2) is 9.37 Å². The summed E-state index contributed by atoms with van der Waals surface area (Å²) in [5, 5.41) is 0. The first-order chi connectivity index (χ1) is 6.70. The largest absolute Gasteiger partial charge is 0.319 e. The van der Waals surface area contributed by atoms with Crippen LogP contribution in [-0.2, 0) is 0 Å². The Labute approximate surface area is 77.4 Å². The Bertz CT molecular complexity index is 562. The van der Waals surface area contributed by atoms with Crippen molar-refractivity contribution in [3.8, 4) is 0 Å². The van der Waals surface area contributed by atoms with Crippen LogP contribution < -0.4 is 5.56 Å². The minimum Gasteiger partial charge on any atom is -0.319 e. The average Bonchev–Trinajstić information content (AvgIpc) is 2.16. The van der Waals surface area contributed by atoms with Crippen LogP contribution in [0.25, 0.3) is 11.0 Å². The molecule has 0 unspecified atom stereocenters. The molecule has 4 nitrogen and oxygen atoms in total. The molecule has 0 aliphatic carbocycles. The fourth-order valence-electron chi connectivity index (χ4n) is 1.15. The maximum atomic E-state index is 12.7. The van der Waals surface area contributed by atoms with E-state index in [2.05, 4.69) is 9.97 Å². The lowest BCUT2D eigenvalue weighted by Crippen LogP contribution is -2.14. The number of halogens is 1. The Hall–Kier alpha value is -2.04. The minimum atomic E-state index is -0.613. The molecule has 0 aliphatic rings. The van der Waals surface area contributed by atoms with Crippen LogP contribution in [0.4, 0.5) is 4.39 Å². The third-order valence-electron chi connectivity index (χ3n) is 1.79. The van der Waals surface area contributed by atoms with Crippen molar-refractivity contribution in [1.29, 1.82) is 0 Å². The molecule has 0 spiro atoms. The maximum absolute atomic E-state index is 12.7. The summed E-state index contributed by atoms with van der Waals surface area (Å²) in [6.45, 7) is 0. The number of carbonyl (C=O) groups is 1. The van der Waals surface area contributed by atoms with Gasteiger partial charge in [-0.15, -0.1) is 0 Å². The van der Waals surface area contributed by atoms with E-state index in [0.717, 1.165) is 6.07 Å². The summed E-state index contributed by atoms with van der Waals surface area (Å²) in [4.78, 5) is 27.6. The molecule has 0 atom stereocenters. The van der Waals surface area contributed by atoms with Crippen molar-refractivity contribution < 1.29 is 9.18 Å². The van der Waals surface area contributed by atoms with Gasteiger partial charge in [-0.2, -0.15) is 0 Å². The lowest BCUT2D eigenvalue weighted by molar-refractivity contribution is 0.111. The molecule has 14 heavy (non-hydrogen) atoms. The number of nitrogens with zero attached hydrogens (tertiary/aromatic N) is 1. The van der Waals surface area contributed by atoms with Crippen LogP contribution in [0.5, 0.6) is 0 Å². The highest BCUT2D eigenvalue weighted by molar-refractivity contribution is 5.79. The van der Waals surface area contributed by atoms with Gasteiger partial charge in [0.15, 0.2) is 12.0 Å². The van der Waals surface area contributed by atoms with Crippen molar-refractivity contribution in [2.45, 2.75) is 0 Å². The van der Waals surface area contributed by atoms with E-state index in [1.54, 1.807) is 0 Å². The highest BCUT2D eigenvalue weighted by Gasteiger charge is 2.03. The molecule has 0 saturated heterocycles. The number of carbonyl (C=O) groups excluding carboxylic acids is 1. The molecule has 2 rings (SSSR count). The van der Waals surface area contributed by atoms with E-state index < -0.39 is 11.4 Å². The molecule has 0 aliphatic heterocycles. The lowest BCUT2D eigenvalue weighted by Gasteiger charge is -1.97. The van der Waals surface area contributed by atoms with Gasteiger partial charge in [0.2, 0.25) is 0 Å². The second kappa shape index (κ2) is 3.02. The first kappa shape index (κ1) is 8.55. The van der Waals surface area contributed by atoms with Crippen molar-refractivity contribution in [2.75, 3.05) is 0 Å². The van der Waals surface area contributed by atoms with E-state index in [1.165, 1.54) is 12.1 Å². The van der Waals surface area contributed by atoms with E-state index in [1.807, 2.05) is 0 Å². The molecular formula is C9H5FN2O2. The van der Waals surface area contributed by atoms with E-state index in [0.29, 0.717) is 11.8 Å². The number of nitrogens with one attached hydrogen (secondary N) is 1. The quantitative estimate of drug-likeness (QED) is 0.682. The third-order valence-corrected chi connectivity index (χ3v) is 1.79. The zero-order valence-corrected chi connectivity index (χ0v) is 6.95. The van der Waals surface area contributed by atoms with Crippen molar-refractivity contribution in [2.24, 2.45) is 0 Å². The number of H-pyrrole nitrogens is 1. The second-order valence-electron chi connectivity index (χ2n) is 2.73. The number of rotatable bonds is 1. The van der Waals surface area contributed by atoms with Gasteiger partial charge in [-0.3, -0.25) is 9.59 Å². The van der Waals surface area contributed by atoms with Gasteiger partial charge in [0.05, 0.1) is 11.0 Å². The molecule has 1 aromatic heterocycles. The van der Waals surface area contributed by atoms with Crippen molar-refractivity contribution in [3.05, 3.63) is 40.1 Å². The van der Waals surface area contributed by atoms with E-state index in [9.17, 15) is 14.0 Å². The zero-order valence-electron chi connectivity index (χ0n) is 6.95. The van der Waals surface area contributed by atoms with Gasteiger partial charge in [0.1, 0.15) is 5.82 Å². The molecule has 0 amide bonds. The van der Waals surface area contributed by atoms with E-state index >= 15 is 0 Å². The topological polar surface area (TPSA) is 62.8 Å². The molecule has 1 aromatic carbocycles. The predicted octanol–water partition coefficient (Wildman–Crippen LogP) is 0.875. The Morgan fingerprint density at radius 1 is 1.43 bits per heavy atom. The van der Waals surface area contributed by atoms with Gasteiger partial charge in [0.25, 0.3) is 5.56 Å². The van der Waals surface area contributed by atoms with Crippen molar-refractivity contribution in [1.82, 2.24) is 9.97 Å². The van der Waals surface area contributed by atoms with Gasteiger partial charge >= 0.3 is 0 Å². The van der Waals surface area contributed by atoms with Crippen LogP contribution in [0, 0.1) is 5.82 Å². The summed E-state index contributed by atoms with van der Waals surface area (Å²) in [5.74, 6) is -0.464. The molecule has 0 fully saturated rings. The zero-order chi connectivity index (χ0) is 10.1. The molecule has 5 heteroatoms. The van der Waals surface area contributed by atoms with E-state index in [4.69, 9.17) is 0 Å². The fraction of sp³-hybridized carbons (Fsp3) is 0. The summed E-state index contributed by atoms with van der Waals surface area (Å²) >= 11 is 0. The summed E-state index contributed by atoms with van der Waals surface area (Å²) in [6, 6.07) is 3.76. The third kappa shape index (κ3) is 1.28. The molecule has 0 radical (unpaired) electrons. The molecule has 1 heterocycles. The molecule has 0 bridgehead atoms. The van der Waals surface area contributed by atoms with Crippen LogP contribution in [0.1, 0.15) is 10.5 Å². The predicted molar refractivity (Wildman–Crippen MR) is 47.7 cm³/mol. The summed E-state index contributed by atoms with van der Waals surface area (Å²) < 4.78 is 12.7. The smallest absolute Gasteiger partial charge is 0.277 e. The highest BCUT2D eigenvalue weighted by atomic mass is 19.1. The number of hydrogen-bond acceptors (Lipinski definition) is 3. The fourth-order valence-corrected chi connectivity index (χ4v) is 1.15. The number of aromatic nitrogens is 2. The molecule has 70 valence electrons. The van der Waals surface area contributed by atoms with Crippen molar-refractivity contribution >= 4 is 17.3 Å². The first-order valence-corrected chi connectivity index (χ1v) is 3.85. The standard InChI is InChI=1S/C9H5FN2O2/c10-5-1-2-6-7(3-5)12-9(14)8(4-13)11-6/h1-4H,(H,12,14). The number of aldehydes is 1. The summed E-state index contributed by atoms with van der Waals surface area (Å²) in [7, 11) is 0. The van der Waals surface area contributed by atoms with Crippen LogP contribution in [0.3, 0.4) is 0 Å².